The molecule has 0 heterocycles. The van der Waals surface area contributed by atoms with Crippen LogP contribution in [0.15, 0.2) is 18.2 Å². The fourth-order valence-electron chi connectivity index (χ4n) is 1.73. The Hall–Kier alpha value is -2.12. The molecule has 8 heteroatoms. The normalized spacial score (nSPS) is 11.5. The zero-order chi connectivity index (χ0) is 17.8. The summed E-state index contributed by atoms with van der Waals surface area (Å²) in [5.41, 5.74) is -1.80. The Morgan fingerprint density at radius 2 is 1.87 bits per heavy atom. The number of likely N-dealkylation sites (N-methyl/N-ethyl adjacent to an activating group) is 1. The molecule has 1 N–H and O–H groups in total. The Balaban J connectivity index is 2.79. The highest BCUT2D eigenvalue weighted by Crippen LogP contribution is 2.32. The quantitative estimate of drug-likeness (QED) is 0.678. The third-order valence-electron chi connectivity index (χ3n) is 3.11. The van der Waals surface area contributed by atoms with Crippen LogP contribution in [0.4, 0.5) is 23.2 Å². The van der Waals surface area contributed by atoms with Gasteiger partial charge in [-0.25, -0.2) is 4.39 Å². The predicted octanol–water partition coefficient (Wildman–Crippen LogP) is 3.29. The van der Waals surface area contributed by atoms with Crippen LogP contribution in [0.2, 0.25) is 0 Å². The zero-order valence-corrected chi connectivity index (χ0v) is 13.0. The summed E-state index contributed by atoms with van der Waals surface area (Å²) in [6.07, 6.45) is -4.20. The van der Waals surface area contributed by atoms with Gasteiger partial charge in [0, 0.05) is 19.3 Å². The molecule has 0 aliphatic carbocycles. The standard InChI is InChI=1S/C15H18F4N2O2/c1-9(2)6-7-21(3)14(23)13(22)20-10-4-5-12(16)11(8-10)15(17,18)19/h4-5,8-9H,6-7H2,1-3H3,(H,20,22). The molecule has 0 aromatic heterocycles. The van der Waals surface area contributed by atoms with Crippen molar-refractivity contribution in [2.45, 2.75) is 26.4 Å². The Morgan fingerprint density at radius 1 is 1.26 bits per heavy atom. The van der Waals surface area contributed by atoms with Gasteiger partial charge in [0.15, 0.2) is 0 Å². The van der Waals surface area contributed by atoms with E-state index in [1.54, 1.807) is 0 Å². The number of benzene rings is 1. The molecule has 4 nitrogen and oxygen atoms in total. The molecule has 0 bridgehead atoms. The van der Waals surface area contributed by atoms with E-state index in [0.29, 0.717) is 31.0 Å². The van der Waals surface area contributed by atoms with E-state index in [2.05, 4.69) is 5.32 Å². The minimum absolute atomic E-state index is 0.297. The smallest absolute Gasteiger partial charge is 0.337 e. The van der Waals surface area contributed by atoms with Gasteiger partial charge in [0.25, 0.3) is 0 Å². The van der Waals surface area contributed by atoms with Crippen LogP contribution in [0.25, 0.3) is 0 Å². The van der Waals surface area contributed by atoms with Gasteiger partial charge >= 0.3 is 18.0 Å². The topological polar surface area (TPSA) is 49.4 Å². The van der Waals surface area contributed by atoms with Crippen molar-refractivity contribution in [1.82, 2.24) is 4.90 Å². The van der Waals surface area contributed by atoms with Gasteiger partial charge in [-0.2, -0.15) is 13.2 Å². The largest absolute Gasteiger partial charge is 0.419 e. The summed E-state index contributed by atoms with van der Waals surface area (Å²) >= 11 is 0. The first-order chi connectivity index (χ1) is 10.5. The molecule has 0 radical (unpaired) electrons. The molecule has 23 heavy (non-hydrogen) atoms. The Kier molecular flexibility index (Phi) is 6.12. The second-order valence-electron chi connectivity index (χ2n) is 5.56. The fourth-order valence-corrected chi connectivity index (χ4v) is 1.73. The van der Waals surface area contributed by atoms with Crippen LogP contribution < -0.4 is 5.32 Å². The van der Waals surface area contributed by atoms with Crippen LogP contribution in [0.3, 0.4) is 0 Å². The molecule has 0 fully saturated rings. The van der Waals surface area contributed by atoms with Gasteiger partial charge < -0.3 is 10.2 Å². The molecule has 0 unspecified atom stereocenters. The molecular formula is C15H18F4N2O2. The number of amides is 2. The van der Waals surface area contributed by atoms with Crippen molar-refractivity contribution in [2.75, 3.05) is 18.9 Å². The number of rotatable bonds is 4. The predicted molar refractivity (Wildman–Crippen MR) is 77.1 cm³/mol. The third kappa shape index (κ3) is 5.54. The number of carbonyl (C=O) groups excluding carboxylic acids is 2. The Bertz CT molecular complexity index is 585. The highest BCUT2D eigenvalue weighted by atomic mass is 19.4. The first kappa shape index (κ1) is 18.9. The van der Waals surface area contributed by atoms with Crippen molar-refractivity contribution in [2.24, 2.45) is 5.92 Å². The van der Waals surface area contributed by atoms with E-state index >= 15 is 0 Å². The molecule has 0 atom stereocenters. The van der Waals surface area contributed by atoms with Crippen LogP contribution in [-0.4, -0.2) is 30.3 Å². The highest BCUT2D eigenvalue weighted by molar-refractivity contribution is 6.39. The van der Waals surface area contributed by atoms with Gasteiger partial charge in [-0.1, -0.05) is 13.8 Å². The molecule has 0 aliphatic rings. The van der Waals surface area contributed by atoms with Gasteiger partial charge in [-0.15, -0.1) is 0 Å². The zero-order valence-electron chi connectivity index (χ0n) is 13.0. The van der Waals surface area contributed by atoms with E-state index in [4.69, 9.17) is 0 Å². The summed E-state index contributed by atoms with van der Waals surface area (Å²) < 4.78 is 51.0. The maximum atomic E-state index is 13.2. The first-order valence-electron chi connectivity index (χ1n) is 6.95. The number of carbonyl (C=O) groups is 2. The van der Waals surface area contributed by atoms with Crippen LogP contribution in [0.1, 0.15) is 25.8 Å². The van der Waals surface area contributed by atoms with E-state index in [1.165, 1.54) is 11.9 Å². The molecule has 1 rings (SSSR count). The third-order valence-corrected chi connectivity index (χ3v) is 3.11. The second kappa shape index (κ2) is 7.43. The van der Waals surface area contributed by atoms with Crippen LogP contribution in [0, 0.1) is 11.7 Å². The summed E-state index contributed by atoms with van der Waals surface area (Å²) in [6, 6.07) is 2.00. The van der Waals surface area contributed by atoms with Gasteiger partial charge in [0.05, 0.1) is 5.56 Å². The lowest BCUT2D eigenvalue weighted by Gasteiger charge is -2.18. The summed E-state index contributed by atoms with van der Waals surface area (Å²) in [4.78, 5) is 24.8. The molecule has 1 aromatic rings. The highest BCUT2D eigenvalue weighted by Gasteiger charge is 2.34. The van der Waals surface area contributed by atoms with Gasteiger partial charge in [0.2, 0.25) is 0 Å². The van der Waals surface area contributed by atoms with Crippen LogP contribution in [0.5, 0.6) is 0 Å². The summed E-state index contributed by atoms with van der Waals surface area (Å²) in [5.74, 6) is -3.06. The SMILES string of the molecule is CC(C)CCN(C)C(=O)C(=O)Nc1ccc(F)c(C(F)(F)F)c1. The number of anilines is 1. The molecule has 0 saturated heterocycles. The molecule has 0 aliphatic heterocycles. The van der Waals surface area contributed by atoms with Crippen molar-refractivity contribution in [3.05, 3.63) is 29.6 Å². The number of halogens is 4. The average Bonchev–Trinajstić information content (AvgIpc) is 2.44. The van der Waals surface area contributed by atoms with Crippen LogP contribution >= 0.6 is 0 Å². The number of hydrogen-bond acceptors (Lipinski definition) is 2. The summed E-state index contributed by atoms with van der Waals surface area (Å²) in [6.45, 7) is 4.26. The van der Waals surface area contributed by atoms with E-state index in [-0.39, 0.29) is 5.69 Å². The lowest BCUT2D eigenvalue weighted by Crippen LogP contribution is -2.38. The van der Waals surface area contributed by atoms with E-state index < -0.39 is 29.4 Å². The minimum atomic E-state index is -4.89. The Labute approximate surface area is 131 Å². The van der Waals surface area contributed by atoms with Gasteiger partial charge in [-0.05, 0) is 30.5 Å². The molecule has 0 saturated carbocycles. The van der Waals surface area contributed by atoms with E-state index in [9.17, 15) is 27.2 Å². The fraction of sp³-hybridized carbons (Fsp3) is 0.467. The molecule has 2 amide bonds. The number of nitrogens with zero attached hydrogens (tertiary/aromatic N) is 1. The van der Waals surface area contributed by atoms with Gasteiger partial charge in [-0.3, -0.25) is 9.59 Å². The van der Waals surface area contributed by atoms with Crippen LogP contribution in [-0.2, 0) is 15.8 Å². The number of hydrogen-bond donors (Lipinski definition) is 1. The van der Waals surface area contributed by atoms with E-state index in [0.717, 1.165) is 6.07 Å². The summed E-state index contributed by atoms with van der Waals surface area (Å²) in [7, 11) is 1.43. The monoisotopic (exact) mass is 334 g/mol. The minimum Gasteiger partial charge on any atom is -0.337 e. The molecular weight excluding hydrogens is 316 g/mol. The van der Waals surface area contributed by atoms with E-state index in [1.807, 2.05) is 13.8 Å². The van der Waals surface area contributed by atoms with Gasteiger partial charge in [0.1, 0.15) is 5.82 Å². The van der Waals surface area contributed by atoms with Crippen molar-refractivity contribution >= 4 is 17.5 Å². The summed E-state index contributed by atoms with van der Waals surface area (Å²) in [5, 5.41) is 2.05. The lowest BCUT2D eigenvalue weighted by molar-refractivity contribution is -0.142. The van der Waals surface area contributed by atoms with Crippen molar-refractivity contribution in [3.8, 4) is 0 Å². The second-order valence-corrected chi connectivity index (χ2v) is 5.56. The lowest BCUT2D eigenvalue weighted by atomic mass is 10.1. The first-order valence-corrected chi connectivity index (χ1v) is 6.95. The van der Waals surface area contributed by atoms with Crippen molar-refractivity contribution in [1.29, 1.82) is 0 Å². The molecule has 0 spiro atoms. The maximum Gasteiger partial charge on any atom is 0.419 e. The molecule has 128 valence electrons. The number of nitrogens with one attached hydrogen (secondary N) is 1. The van der Waals surface area contributed by atoms with Crippen molar-refractivity contribution < 1.29 is 27.2 Å². The van der Waals surface area contributed by atoms with Crippen molar-refractivity contribution in [3.63, 3.8) is 0 Å². The molecule has 1 aromatic carbocycles. The maximum absolute atomic E-state index is 13.2. The number of alkyl halides is 3. The average molecular weight is 334 g/mol. The Morgan fingerprint density at radius 3 is 2.39 bits per heavy atom.